The molecule has 0 saturated carbocycles. The van der Waals surface area contributed by atoms with E-state index in [1.165, 1.54) is 12.8 Å². The number of allylic oxidation sites excluding steroid dienone is 4. The highest BCUT2D eigenvalue weighted by Crippen LogP contribution is 2.16. The summed E-state index contributed by atoms with van der Waals surface area (Å²) in [6.45, 7) is 2.59. The lowest BCUT2D eigenvalue weighted by atomic mass is 10.1. The van der Waals surface area contributed by atoms with Gasteiger partial charge in [-0.3, -0.25) is 0 Å². The first kappa shape index (κ1) is 10.5. The van der Waals surface area contributed by atoms with Crippen molar-refractivity contribution in [2.24, 2.45) is 0 Å². The van der Waals surface area contributed by atoms with Crippen LogP contribution in [-0.2, 0) is 4.74 Å². The molecule has 0 saturated heterocycles. The van der Waals surface area contributed by atoms with E-state index in [0.29, 0.717) is 5.05 Å². The molecule has 1 nitrogen and oxygen atoms in total. The maximum absolute atomic E-state index is 5.20. The van der Waals surface area contributed by atoms with Crippen LogP contribution in [0.3, 0.4) is 0 Å². The summed E-state index contributed by atoms with van der Waals surface area (Å²) in [5.41, 5.74) is 1.54. The Morgan fingerprint density at radius 2 is 2.38 bits per heavy atom. The van der Waals surface area contributed by atoms with E-state index in [-0.39, 0.29) is 0 Å². The van der Waals surface area contributed by atoms with Gasteiger partial charge in [-0.15, -0.1) is 0 Å². The third-order valence-corrected chi connectivity index (χ3v) is 2.16. The lowest BCUT2D eigenvalue weighted by Gasteiger charge is -2.03. The summed E-state index contributed by atoms with van der Waals surface area (Å²) in [6.07, 6.45) is 11.2. The van der Waals surface area contributed by atoms with Gasteiger partial charge in [0.05, 0.1) is 6.61 Å². The number of ether oxygens (including phenoxy) is 1. The molecule has 2 heteroatoms. The number of thiocarbonyl (C=S) groups is 1. The van der Waals surface area contributed by atoms with Crippen LogP contribution in [0.25, 0.3) is 0 Å². The van der Waals surface area contributed by atoms with E-state index < -0.39 is 0 Å². The first-order valence-electron chi connectivity index (χ1n) is 4.77. The highest BCUT2D eigenvalue weighted by atomic mass is 32.1. The zero-order valence-corrected chi connectivity index (χ0v) is 8.90. The fourth-order valence-electron chi connectivity index (χ4n) is 1.35. The Morgan fingerprint density at radius 3 is 3.00 bits per heavy atom. The molecule has 0 aromatic rings. The fourth-order valence-corrected chi connectivity index (χ4v) is 1.43. The Hall–Kier alpha value is -0.630. The van der Waals surface area contributed by atoms with E-state index >= 15 is 0 Å². The second kappa shape index (κ2) is 5.92. The zero-order valence-electron chi connectivity index (χ0n) is 8.08. The van der Waals surface area contributed by atoms with Gasteiger partial charge in [0.2, 0.25) is 0 Å². The maximum atomic E-state index is 5.20. The van der Waals surface area contributed by atoms with E-state index in [2.05, 4.69) is 18.2 Å². The van der Waals surface area contributed by atoms with Crippen LogP contribution in [0.15, 0.2) is 23.8 Å². The van der Waals surface area contributed by atoms with Gasteiger partial charge in [0, 0.05) is 6.92 Å². The summed E-state index contributed by atoms with van der Waals surface area (Å²) in [7, 11) is 0. The molecule has 0 heterocycles. The van der Waals surface area contributed by atoms with Crippen LogP contribution in [0.2, 0.25) is 0 Å². The Morgan fingerprint density at radius 1 is 1.54 bits per heavy atom. The molecule has 0 N–H and O–H groups in total. The van der Waals surface area contributed by atoms with Gasteiger partial charge in [-0.1, -0.05) is 23.8 Å². The van der Waals surface area contributed by atoms with Crippen LogP contribution in [0, 0.1) is 0 Å². The lowest BCUT2D eigenvalue weighted by molar-refractivity contribution is 0.300. The van der Waals surface area contributed by atoms with Crippen molar-refractivity contribution < 1.29 is 4.74 Å². The standard InChI is InChI=1S/C11H16OS/c1-10(13)12-9-5-4-8-11-6-2-3-7-11/h2-3,6H,4-5,7-9H2,1H3. The van der Waals surface area contributed by atoms with E-state index in [1.807, 2.05) is 6.92 Å². The average molecular weight is 196 g/mol. The third-order valence-electron chi connectivity index (χ3n) is 2.05. The van der Waals surface area contributed by atoms with Crippen molar-refractivity contribution in [3.8, 4) is 0 Å². The summed E-state index contributed by atoms with van der Waals surface area (Å²) in [5.74, 6) is 0. The molecule has 0 aliphatic heterocycles. The first-order valence-corrected chi connectivity index (χ1v) is 5.18. The molecule has 0 aromatic carbocycles. The van der Waals surface area contributed by atoms with Crippen molar-refractivity contribution in [3.63, 3.8) is 0 Å². The van der Waals surface area contributed by atoms with Crippen molar-refractivity contribution in [1.82, 2.24) is 0 Å². The number of hydrogen-bond donors (Lipinski definition) is 0. The van der Waals surface area contributed by atoms with Gasteiger partial charge in [0.25, 0.3) is 0 Å². The van der Waals surface area contributed by atoms with Crippen LogP contribution in [-0.4, -0.2) is 11.7 Å². The lowest BCUT2D eigenvalue weighted by Crippen LogP contribution is -1.98. The Labute approximate surface area is 85.5 Å². The van der Waals surface area contributed by atoms with Crippen molar-refractivity contribution >= 4 is 17.3 Å². The molecule has 0 spiro atoms. The van der Waals surface area contributed by atoms with E-state index in [9.17, 15) is 0 Å². The van der Waals surface area contributed by atoms with Crippen molar-refractivity contribution in [2.75, 3.05) is 6.61 Å². The van der Waals surface area contributed by atoms with Gasteiger partial charge in [-0.05, 0) is 37.9 Å². The summed E-state index contributed by atoms with van der Waals surface area (Å²) in [5, 5.41) is 0.654. The molecule has 0 atom stereocenters. The van der Waals surface area contributed by atoms with Gasteiger partial charge in [-0.25, -0.2) is 0 Å². The van der Waals surface area contributed by atoms with Crippen LogP contribution >= 0.6 is 12.2 Å². The predicted molar refractivity (Wildman–Crippen MR) is 59.9 cm³/mol. The summed E-state index contributed by atoms with van der Waals surface area (Å²) in [4.78, 5) is 0. The second-order valence-corrected chi connectivity index (χ2v) is 3.83. The maximum Gasteiger partial charge on any atom is 0.156 e. The summed E-state index contributed by atoms with van der Waals surface area (Å²) < 4.78 is 5.20. The van der Waals surface area contributed by atoms with Crippen LogP contribution in [0.5, 0.6) is 0 Å². The smallest absolute Gasteiger partial charge is 0.156 e. The first-order chi connectivity index (χ1) is 6.29. The average Bonchev–Trinajstić information content (AvgIpc) is 2.55. The number of unbranched alkanes of at least 4 members (excludes halogenated alkanes) is 1. The zero-order chi connectivity index (χ0) is 9.52. The molecule has 0 fully saturated rings. The molecule has 1 aliphatic carbocycles. The van der Waals surface area contributed by atoms with Crippen LogP contribution in [0.4, 0.5) is 0 Å². The van der Waals surface area contributed by atoms with E-state index in [4.69, 9.17) is 17.0 Å². The quantitative estimate of drug-likeness (QED) is 0.492. The minimum atomic E-state index is 0.654. The molecule has 0 unspecified atom stereocenters. The SMILES string of the molecule is CC(=S)OCCCCC1=CC=CC1. The third kappa shape index (κ3) is 4.83. The molecule has 1 rings (SSSR count). The van der Waals surface area contributed by atoms with Crippen molar-refractivity contribution in [1.29, 1.82) is 0 Å². The molecule has 0 bridgehead atoms. The van der Waals surface area contributed by atoms with Gasteiger partial charge >= 0.3 is 0 Å². The molecular formula is C11H16OS. The van der Waals surface area contributed by atoms with E-state index in [1.54, 1.807) is 5.57 Å². The molecular weight excluding hydrogens is 180 g/mol. The number of rotatable bonds is 5. The van der Waals surface area contributed by atoms with Crippen LogP contribution < -0.4 is 0 Å². The molecule has 0 amide bonds. The predicted octanol–water partition coefficient (Wildman–Crippen LogP) is 3.41. The molecule has 0 aromatic heterocycles. The van der Waals surface area contributed by atoms with Crippen molar-refractivity contribution in [3.05, 3.63) is 23.8 Å². The minimum Gasteiger partial charge on any atom is -0.487 e. The fraction of sp³-hybridized carbons (Fsp3) is 0.545. The minimum absolute atomic E-state index is 0.654. The van der Waals surface area contributed by atoms with E-state index in [0.717, 1.165) is 19.4 Å². The van der Waals surface area contributed by atoms with Gasteiger partial charge < -0.3 is 4.74 Å². The Balaban J connectivity index is 1.92. The highest BCUT2D eigenvalue weighted by Gasteiger charge is 1.98. The monoisotopic (exact) mass is 196 g/mol. The molecule has 0 radical (unpaired) electrons. The largest absolute Gasteiger partial charge is 0.487 e. The normalized spacial score (nSPS) is 14.4. The number of hydrogen-bond acceptors (Lipinski definition) is 2. The molecule has 1 aliphatic rings. The van der Waals surface area contributed by atoms with Crippen molar-refractivity contribution in [2.45, 2.75) is 32.6 Å². The topological polar surface area (TPSA) is 9.23 Å². The summed E-state index contributed by atoms with van der Waals surface area (Å²) >= 11 is 4.81. The summed E-state index contributed by atoms with van der Waals surface area (Å²) in [6, 6.07) is 0. The van der Waals surface area contributed by atoms with Gasteiger partial charge in [0.1, 0.15) is 0 Å². The highest BCUT2D eigenvalue weighted by molar-refractivity contribution is 7.80. The molecule has 72 valence electrons. The molecule has 13 heavy (non-hydrogen) atoms. The second-order valence-electron chi connectivity index (χ2n) is 3.25. The van der Waals surface area contributed by atoms with Crippen LogP contribution in [0.1, 0.15) is 32.6 Å². The van der Waals surface area contributed by atoms with Gasteiger partial charge in [0.15, 0.2) is 5.05 Å². The van der Waals surface area contributed by atoms with Gasteiger partial charge in [-0.2, -0.15) is 0 Å². The Bertz CT molecular complexity index is 228. The Kier molecular flexibility index (Phi) is 4.76.